The summed E-state index contributed by atoms with van der Waals surface area (Å²) in [6.45, 7) is 9.41. The summed E-state index contributed by atoms with van der Waals surface area (Å²) >= 11 is 0. The molecule has 2 atom stereocenters. The average molecular weight is 282 g/mol. The van der Waals surface area contributed by atoms with Crippen LogP contribution in [-0.2, 0) is 9.47 Å². The van der Waals surface area contributed by atoms with Gasteiger partial charge in [-0.1, -0.05) is 6.42 Å². The molecule has 3 aliphatic rings. The number of ether oxygens (including phenoxy) is 2. The minimum absolute atomic E-state index is 0.509. The Balaban J connectivity index is 1.33. The van der Waals surface area contributed by atoms with Crippen LogP contribution in [0.25, 0.3) is 0 Å². The molecule has 116 valence electrons. The first kappa shape index (κ1) is 14.8. The molecule has 1 heterocycles. The highest BCUT2D eigenvalue weighted by atomic mass is 16.5. The Morgan fingerprint density at radius 2 is 2.10 bits per heavy atom. The first-order chi connectivity index (χ1) is 9.85. The van der Waals surface area contributed by atoms with Crippen LogP contribution in [0.5, 0.6) is 0 Å². The summed E-state index contributed by atoms with van der Waals surface area (Å²) in [4.78, 5) is 2.52. The predicted octanol–water partition coefficient (Wildman–Crippen LogP) is 1.65. The van der Waals surface area contributed by atoms with Crippen LogP contribution in [0.2, 0.25) is 0 Å². The van der Waals surface area contributed by atoms with Crippen molar-refractivity contribution >= 4 is 0 Å². The summed E-state index contributed by atoms with van der Waals surface area (Å²) in [7, 11) is 0. The van der Waals surface area contributed by atoms with Crippen LogP contribution < -0.4 is 5.32 Å². The van der Waals surface area contributed by atoms with Crippen LogP contribution in [0.3, 0.4) is 0 Å². The maximum absolute atomic E-state index is 5.91. The summed E-state index contributed by atoms with van der Waals surface area (Å²) in [6.07, 6.45) is 7.17. The molecule has 4 heteroatoms. The highest BCUT2D eigenvalue weighted by Gasteiger charge is 2.58. The lowest BCUT2D eigenvalue weighted by atomic mass is 9.51. The van der Waals surface area contributed by atoms with Gasteiger partial charge in [-0.05, 0) is 45.7 Å². The number of morpholine rings is 1. The van der Waals surface area contributed by atoms with Crippen molar-refractivity contribution in [1.82, 2.24) is 10.2 Å². The maximum atomic E-state index is 5.91. The molecule has 3 rings (SSSR count). The summed E-state index contributed by atoms with van der Waals surface area (Å²) in [6, 6.07) is 0.720. The zero-order valence-electron chi connectivity index (χ0n) is 12.9. The monoisotopic (exact) mass is 282 g/mol. The molecular weight excluding hydrogens is 252 g/mol. The van der Waals surface area contributed by atoms with Crippen LogP contribution >= 0.6 is 0 Å². The molecule has 0 aromatic rings. The van der Waals surface area contributed by atoms with Crippen molar-refractivity contribution in [3.05, 3.63) is 0 Å². The van der Waals surface area contributed by atoms with Gasteiger partial charge in [-0.15, -0.1) is 0 Å². The predicted molar refractivity (Wildman–Crippen MR) is 80.0 cm³/mol. The second kappa shape index (κ2) is 6.73. The van der Waals surface area contributed by atoms with E-state index in [1.165, 1.54) is 38.6 Å². The SMILES string of the molecule is CCOC1CC(NCCCN2CCOCC2)C12CCC2. The third-order valence-electron chi connectivity index (χ3n) is 5.58. The standard InChI is InChI=1S/C16H30N2O2/c1-2-20-15-13-14(16(15)5-3-6-16)17-7-4-8-18-9-11-19-12-10-18/h14-15,17H,2-13H2,1H3. The van der Waals surface area contributed by atoms with Gasteiger partial charge >= 0.3 is 0 Å². The molecule has 2 unspecified atom stereocenters. The molecule has 3 fully saturated rings. The van der Waals surface area contributed by atoms with E-state index < -0.39 is 0 Å². The third-order valence-corrected chi connectivity index (χ3v) is 5.58. The highest BCUT2D eigenvalue weighted by Crippen LogP contribution is 2.57. The van der Waals surface area contributed by atoms with Crippen molar-refractivity contribution in [2.24, 2.45) is 5.41 Å². The summed E-state index contributed by atoms with van der Waals surface area (Å²) in [5, 5.41) is 3.80. The van der Waals surface area contributed by atoms with E-state index in [-0.39, 0.29) is 0 Å². The first-order valence-corrected chi connectivity index (χ1v) is 8.50. The number of nitrogens with zero attached hydrogens (tertiary/aromatic N) is 1. The molecule has 2 aliphatic carbocycles. The Hall–Kier alpha value is -0.160. The lowest BCUT2D eigenvalue weighted by Gasteiger charge is -2.61. The Morgan fingerprint density at radius 3 is 2.75 bits per heavy atom. The van der Waals surface area contributed by atoms with E-state index in [1.807, 2.05) is 0 Å². The van der Waals surface area contributed by atoms with E-state index in [0.717, 1.165) is 45.5 Å². The average Bonchev–Trinajstić information content (AvgIpc) is 2.40. The van der Waals surface area contributed by atoms with Gasteiger partial charge < -0.3 is 14.8 Å². The summed E-state index contributed by atoms with van der Waals surface area (Å²) in [5.41, 5.74) is 0.509. The molecule has 1 N–H and O–H groups in total. The van der Waals surface area contributed by atoms with E-state index >= 15 is 0 Å². The quantitative estimate of drug-likeness (QED) is 0.720. The van der Waals surface area contributed by atoms with E-state index in [9.17, 15) is 0 Å². The largest absolute Gasteiger partial charge is 0.379 e. The van der Waals surface area contributed by atoms with Crippen molar-refractivity contribution < 1.29 is 9.47 Å². The van der Waals surface area contributed by atoms with Crippen LogP contribution in [0, 0.1) is 5.41 Å². The van der Waals surface area contributed by atoms with Crippen LogP contribution in [0.4, 0.5) is 0 Å². The molecule has 1 aliphatic heterocycles. The Kier molecular flexibility index (Phi) is 4.97. The molecule has 0 radical (unpaired) electrons. The summed E-state index contributed by atoms with van der Waals surface area (Å²) < 4.78 is 11.3. The lowest BCUT2D eigenvalue weighted by Crippen LogP contribution is -2.67. The zero-order chi connectivity index (χ0) is 13.8. The van der Waals surface area contributed by atoms with Crippen LogP contribution in [0.15, 0.2) is 0 Å². The molecule has 20 heavy (non-hydrogen) atoms. The molecule has 0 amide bonds. The smallest absolute Gasteiger partial charge is 0.0661 e. The molecular formula is C16H30N2O2. The fourth-order valence-electron chi connectivity index (χ4n) is 4.13. The van der Waals surface area contributed by atoms with Gasteiger partial charge in [0, 0.05) is 31.2 Å². The highest BCUT2D eigenvalue weighted by molar-refractivity contribution is 5.12. The van der Waals surface area contributed by atoms with Crippen LogP contribution in [-0.4, -0.2) is 63.0 Å². The second-order valence-corrected chi connectivity index (χ2v) is 6.58. The van der Waals surface area contributed by atoms with Crippen molar-refractivity contribution in [3.8, 4) is 0 Å². The van der Waals surface area contributed by atoms with E-state index in [2.05, 4.69) is 17.1 Å². The van der Waals surface area contributed by atoms with E-state index in [1.54, 1.807) is 0 Å². The van der Waals surface area contributed by atoms with E-state index in [0.29, 0.717) is 11.5 Å². The maximum Gasteiger partial charge on any atom is 0.0661 e. The summed E-state index contributed by atoms with van der Waals surface area (Å²) in [5.74, 6) is 0. The number of hydrogen-bond donors (Lipinski definition) is 1. The van der Waals surface area contributed by atoms with Crippen molar-refractivity contribution in [3.63, 3.8) is 0 Å². The molecule has 1 spiro atoms. The van der Waals surface area contributed by atoms with Gasteiger partial charge in [0.25, 0.3) is 0 Å². The number of hydrogen-bond acceptors (Lipinski definition) is 4. The van der Waals surface area contributed by atoms with Crippen LogP contribution in [0.1, 0.15) is 39.0 Å². The minimum Gasteiger partial charge on any atom is -0.379 e. The van der Waals surface area contributed by atoms with Gasteiger partial charge in [0.1, 0.15) is 0 Å². The van der Waals surface area contributed by atoms with Gasteiger partial charge in [-0.2, -0.15) is 0 Å². The Bertz CT molecular complexity index is 301. The van der Waals surface area contributed by atoms with Gasteiger partial charge in [0.05, 0.1) is 19.3 Å². The molecule has 1 saturated heterocycles. The fraction of sp³-hybridized carbons (Fsp3) is 1.00. The molecule has 0 bridgehead atoms. The van der Waals surface area contributed by atoms with Crippen molar-refractivity contribution in [2.45, 2.75) is 51.2 Å². The molecule has 0 aromatic heterocycles. The molecule has 2 saturated carbocycles. The van der Waals surface area contributed by atoms with Gasteiger partial charge in [0.2, 0.25) is 0 Å². The topological polar surface area (TPSA) is 33.7 Å². The second-order valence-electron chi connectivity index (χ2n) is 6.58. The van der Waals surface area contributed by atoms with Crippen molar-refractivity contribution in [2.75, 3.05) is 46.0 Å². The van der Waals surface area contributed by atoms with Gasteiger partial charge in [-0.3, -0.25) is 4.90 Å². The Morgan fingerprint density at radius 1 is 1.30 bits per heavy atom. The molecule has 4 nitrogen and oxygen atoms in total. The van der Waals surface area contributed by atoms with Gasteiger partial charge in [-0.25, -0.2) is 0 Å². The number of nitrogens with one attached hydrogen (secondary N) is 1. The Labute approximate surface area is 123 Å². The third kappa shape index (κ3) is 2.89. The van der Waals surface area contributed by atoms with E-state index in [4.69, 9.17) is 9.47 Å². The number of rotatable bonds is 7. The molecule has 0 aromatic carbocycles. The zero-order valence-corrected chi connectivity index (χ0v) is 12.9. The first-order valence-electron chi connectivity index (χ1n) is 8.50. The lowest BCUT2D eigenvalue weighted by molar-refractivity contribution is -0.172. The fourth-order valence-corrected chi connectivity index (χ4v) is 4.13. The normalized spacial score (nSPS) is 32.9. The van der Waals surface area contributed by atoms with Crippen molar-refractivity contribution in [1.29, 1.82) is 0 Å². The van der Waals surface area contributed by atoms with Gasteiger partial charge in [0.15, 0.2) is 0 Å². The minimum atomic E-state index is 0.509.